The number of fused-ring (bicyclic) bond motifs is 1. The molecule has 2 heterocycles. The van der Waals surface area contributed by atoms with Gasteiger partial charge in [0.1, 0.15) is 18.1 Å². The summed E-state index contributed by atoms with van der Waals surface area (Å²) in [6.45, 7) is -0.794. The van der Waals surface area contributed by atoms with Crippen LogP contribution < -0.4 is 4.48 Å². The lowest BCUT2D eigenvalue weighted by Crippen LogP contribution is -2.48. The average molecular weight is 327 g/mol. The second kappa shape index (κ2) is 4.89. The van der Waals surface area contributed by atoms with Crippen molar-refractivity contribution < 1.29 is 22.0 Å². The third-order valence-corrected chi connectivity index (χ3v) is 3.60. The molecule has 23 heavy (non-hydrogen) atoms. The van der Waals surface area contributed by atoms with Gasteiger partial charge in [0, 0.05) is 24.4 Å². The van der Waals surface area contributed by atoms with E-state index in [0.717, 1.165) is 12.1 Å². The van der Waals surface area contributed by atoms with Crippen LogP contribution in [0.1, 0.15) is 0 Å². The van der Waals surface area contributed by atoms with E-state index in [0.29, 0.717) is 6.07 Å². The lowest BCUT2D eigenvalue weighted by Gasteiger charge is -2.31. The van der Waals surface area contributed by atoms with Gasteiger partial charge in [-0.25, -0.2) is 18.7 Å². The van der Waals surface area contributed by atoms with Gasteiger partial charge in [-0.15, -0.1) is 13.2 Å². The smallest absolute Gasteiger partial charge is 0.218 e. The first kappa shape index (κ1) is 15.2. The molecule has 0 bridgehead atoms. The molecule has 9 heteroatoms. The Kier molecular flexibility index (Phi) is 3.23. The topological polar surface area (TPSA) is 39.4 Å². The average Bonchev–Trinajstić information content (AvgIpc) is 2.82. The maximum Gasteiger partial charge on any atom is 0.490 e. The first-order chi connectivity index (χ1) is 10.8. The van der Waals surface area contributed by atoms with Crippen LogP contribution in [-0.2, 0) is 0 Å². The number of allylic oxidation sites excluding steroid dienone is 2. The maximum absolute atomic E-state index is 14.2. The van der Waals surface area contributed by atoms with Crippen molar-refractivity contribution in [3.05, 3.63) is 53.6 Å². The first-order valence-electron chi connectivity index (χ1n) is 6.34. The van der Waals surface area contributed by atoms with Gasteiger partial charge in [-0.05, 0) is 6.07 Å². The van der Waals surface area contributed by atoms with Crippen molar-refractivity contribution in [2.75, 3.05) is 6.67 Å². The molecule has 2 aliphatic rings. The van der Waals surface area contributed by atoms with E-state index in [1.165, 1.54) is 24.6 Å². The summed E-state index contributed by atoms with van der Waals surface area (Å²) in [6, 6.07) is 4.04. The van der Waals surface area contributed by atoms with Gasteiger partial charge >= 0.3 is 6.30 Å². The van der Waals surface area contributed by atoms with E-state index in [1.54, 1.807) is 0 Å². The number of halogens is 5. The number of hydrogen-bond donors (Lipinski definition) is 0. The molecule has 118 valence electrons. The molecule has 0 radical (unpaired) electrons. The van der Waals surface area contributed by atoms with Crippen LogP contribution in [0, 0.1) is 23.0 Å². The highest BCUT2D eigenvalue weighted by Gasteiger charge is 2.56. The minimum absolute atomic E-state index is 0.0991. The largest absolute Gasteiger partial charge is 0.490 e. The van der Waals surface area contributed by atoms with Crippen LogP contribution in [0.2, 0.25) is 0 Å². The molecule has 0 N–H and O–H groups in total. The van der Waals surface area contributed by atoms with Crippen LogP contribution in [-0.4, -0.2) is 24.1 Å². The highest BCUT2D eigenvalue weighted by Crippen LogP contribution is 2.44. The Morgan fingerprint density at radius 1 is 1.26 bits per heavy atom. The third kappa shape index (κ3) is 2.19. The minimum atomic E-state index is -4.83. The number of hydrogen-bond acceptors (Lipinski definition) is 3. The summed E-state index contributed by atoms with van der Waals surface area (Å²) in [6.07, 6.45) is -0.992. The first-order valence-corrected chi connectivity index (χ1v) is 6.34. The molecule has 0 saturated heterocycles. The molecule has 1 atom stereocenters. The SMILES string of the molecule is N#CC1=C2N=CC=C[N+]2(c2ccc(F)cc2F)CN1C(F)(F)F. The Balaban J connectivity index is 2.25. The Morgan fingerprint density at radius 3 is 2.61 bits per heavy atom. The monoisotopic (exact) mass is 327 g/mol. The zero-order chi connectivity index (χ0) is 16.8. The fraction of sp³-hybridized carbons (Fsp3) is 0.143. The van der Waals surface area contributed by atoms with E-state index < -0.39 is 34.8 Å². The molecule has 1 unspecified atom stereocenters. The number of benzene rings is 1. The van der Waals surface area contributed by atoms with Crippen molar-refractivity contribution >= 4 is 11.9 Å². The fourth-order valence-corrected chi connectivity index (χ4v) is 2.64. The molecule has 1 aromatic carbocycles. The quantitative estimate of drug-likeness (QED) is 0.451. The zero-order valence-corrected chi connectivity index (χ0v) is 11.3. The number of nitrogens with zero attached hydrogens (tertiary/aromatic N) is 4. The summed E-state index contributed by atoms with van der Waals surface area (Å²) in [5, 5.41) is 9.10. The van der Waals surface area contributed by atoms with E-state index >= 15 is 0 Å². The molecule has 2 aliphatic heterocycles. The van der Waals surface area contributed by atoms with Crippen molar-refractivity contribution in [2.45, 2.75) is 6.30 Å². The van der Waals surface area contributed by atoms with Gasteiger partial charge in [0.05, 0.1) is 0 Å². The molecule has 0 aromatic heterocycles. The standard InChI is InChI=1S/C14H8F5N4/c15-9-2-3-12(10(16)6-9)23-5-1-4-21-13(23)11(7-20)22(8-23)14(17,18)19/h1-6H,8H2/q+1. The Hall–Kier alpha value is -2.73. The predicted molar refractivity (Wildman–Crippen MR) is 71.2 cm³/mol. The van der Waals surface area contributed by atoms with Crippen molar-refractivity contribution in [1.82, 2.24) is 9.38 Å². The van der Waals surface area contributed by atoms with Crippen molar-refractivity contribution in [3.8, 4) is 6.07 Å². The predicted octanol–water partition coefficient (Wildman–Crippen LogP) is 3.36. The van der Waals surface area contributed by atoms with E-state index in [4.69, 9.17) is 5.26 Å². The molecular formula is C14H8F5N4+. The van der Waals surface area contributed by atoms with Crippen molar-refractivity contribution in [3.63, 3.8) is 0 Å². The van der Waals surface area contributed by atoms with Crippen molar-refractivity contribution in [1.29, 1.82) is 5.26 Å². The molecule has 0 fully saturated rings. The fourth-order valence-electron chi connectivity index (χ4n) is 2.64. The van der Waals surface area contributed by atoms with Gasteiger partial charge in [-0.2, -0.15) is 9.74 Å². The van der Waals surface area contributed by atoms with Crippen LogP contribution >= 0.6 is 0 Å². The van der Waals surface area contributed by atoms with E-state index in [1.807, 2.05) is 0 Å². The molecule has 0 spiro atoms. The summed E-state index contributed by atoms with van der Waals surface area (Å²) in [5.41, 5.74) is -0.948. The number of rotatable bonds is 1. The van der Waals surface area contributed by atoms with Crippen LogP contribution in [0.5, 0.6) is 0 Å². The minimum Gasteiger partial charge on any atom is -0.218 e. The molecule has 0 saturated carbocycles. The van der Waals surface area contributed by atoms with Crippen LogP contribution in [0.3, 0.4) is 0 Å². The van der Waals surface area contributed by atoms with Gasteiger partial charge in [-0.1, -0.05) is 0 Å². The Labute approximate surface area is 127 Å². The summed E-state index contributed by atoms with van der Waals surface area (Å²) in [5.74, 6) is -2.14. The van der Waals surface area contributed by atoms with E-state index in [-0.39, 0.29) is 16.4 Å². The highest BCUT2D eigenvalue weighted by molar-refractivity contribution is 5.77. The Bertz CT molecular complexity index is 802. The zero-order valence-electron chi connectivity index (χ0n) is 11.3. The number of alkyl halides is 3. The molecule has 3 rings (SSSR count). The summed E-state index contributed by atoms with van der Waals surface area (Å²) < 4.78 is 66.1. The lowest BCUT2D eigenvalue weighted by molar-refractivity contribution is -0.231. The second-order valence-electron chi connectivity index (χ2n) is 4.91. The maximum atomic E-state index is 14.2. The molecule has 4 nitrogen and oxygen atoms in total. The summed E-state index contributed by atoms with van der Waals surface area (Å²) >= 11 is 0. The number of quaternary nitrogens is 1. The van der Waals surface area contributed by atoms with E-state index in [9.17, 15) is 22.0 Å². The normalized spacial score (nSPS) is 23.2. The lowest BCUT2D eigenvalue weighted by atomic mass is 10.2. The number of nitriles is 1. The van der Waals surface area contributed by atoms with Crippen LogP contribution in [0.15, 0.2) is 47.0 Å². The molecule has 0 amide bonds. The van der Waals surface area contributed by atoms with Crippen LogP contribution in [0.25, 0.3) is 0 Å². The van der Waals surface area contributed by atoms with Gasteiger partial charge in [0.25, 0.3) is 5.82 Å². The van der Waals surface area contributed by atoms with Crippen molar-refractivity contribution in [2.24, 2.45) is 4.99 Å². The van der Waals surface area contributed by atoms with Gasteiger partial charge in [0.2, 0.25) is 5.70 Å². The Morgan fingerprint density at radius 2 is 2.00 bits per heavy atom. The second-order valence-corrected chi connectivity index (χ2v) is 4.91. The summed E-state index contributed by atoms with van der Waals surface area (Å²) in [7, 11) is 0. The van der Waals surface area contributed by atoms with Gasteiger partial charge < -0.3 is 0 Å². The van der Waals surface area contributed by atoms with Gasteiger partial charge in [0.15, 0.2) is 18.2 Å². The highest BCUT2D eigenvalue weighted by atomic mass is 19.4. The third-order valence-electron chi connectivity index (χ3n) is 3.60. The molecule has 0 aliphatic carbocycles. The number of aliphatic imine (C=N–C) groups is 1. The van der Waals surface area contributed by atoms with Crippen LogP contribution in [0.4, 0.5) is 27.6 Å². The molecule has 1 aromatic rings. The summed E-state index contributed by atoms with van der Waals surface area (Å²) in [4.78, 5) is 3.74. The molecular weight excluding hydrogens is 319 g/mol. The van der Waals surface area contributed by atoms with E-state index in [2.05, 4.69) is 4.99 Å². The van der Waals surface area contributed by atoms with Gasteiger partial charge in [-0.3, -0.25) is 0 Å².